The number of hydrogen-bond donors (Lipinski definition) is 0. The second-order valence-electron chi connectivity index (χ2n) is 5.65. The number of nitrogens with zero attached hydrogens (tertiary/aromatic N) is 1. The molecule has 0 spiro atoms. The van der Waals surface area contributed by atoms with Crippen molar-refractivity contribution in [2.45, 2.75) is 25.4 Å². The molecule has 2 rings (SSSR count). The molecule has 0 unspecified atom stereocenters. The molecule has 6 heteroatoms. The van der Waals surface area contributed by atoms with Crippen molar-refractivity contribution in [1.29, 1.82) is 0 Å². The predicted molar refractivity (Wildman–Crippen MR) is 82.1 cm³/mol. The molecule has 0 bridgehead atoms. The fourth-order valence-corrected chi connectivity index (χ4v) is 2.80. The zero-order chi connectivity index (χ0) is 17.0. The Balaban J connectivity index is 1.97. The number of likely N-dealkylation sites (tertiary alicyclic amines) is 1. The molecule has 0 atom stereocenters. The summed E-state index contributed by atoms with van der Waals surface area (Å²) in [5, 5.41) is 0. The molecule has 0 aromatic heterocycles. The molecular weight excluding hydrogens is 307 g/mol. The number of piperidine rings is 1. The Bertz CT molecular complexity index is 576. The summed E-state index contributed by atoms with van der Waals surface area (Å²) in [4.78, 5) is 13.8. The summed E-state index contributed by atoms with van der Waals surface area (Å²) in [6.45, 7) is 4.02. The van der Waals surface area contributed by atoms with E-state index in [0.29, 0.717) is 5.75 Å². The van der Waals surface area contributed by atoms with Crippen molar-refractivity contribution in [2.75, 3.05) is 20.2 Å². The number of methoxy groups -OCH3 is 1. The smallest absolute Gasteiger partial charge is 0.391 e. The first-order valence-electron chi connectivity index (χ1n) is 7.49. The van der Waals surface area contributed by atoms with E-state index >= 15 is 0 Å². The molecule has 1 aromatic rings. The maximum atomic E-state index is 12.6. The number of amides is 1. The maximum absolute atomic E-state index is 12.6. The van der Waals surface area contributed by atoms with Gasteiger partial charge < -0.3 is 9.64 Å². The lowest BCUT2D eigenvalue weighted by atomic mass is 9.96. The Hall–Kier alpha value is -1.98. The van der Waals surface area contributed by atoms with Gasteiger partial charge in [0.2, 0.25) is 5.91 Å². The third-order valence-electron chi connectivity index (χ3n) is 4.18. The summed E-state index contributed by atoms with van der Waals surface area (Å²) in [6, 6.07) is 5.36. The highest BCUT2D eigenvalue weighted by atomic mass is 19.4. The van der Waals surface area contributed by atoms with Gasteiger partial charge >= 0.3 is 6.18 Å². The summed E-state index contributed by atoms with van der Waals surface area (Å²) < 4.78 is 43.1. The van der Waals surface area contributed by atoms with Gasteiger partial charge in [0.15, 0.2) is 0 Å². The molecule has 126 valence electrons. The molecule has 1 heterocycles. The van der Waals surface area contributed by atoms with Crippen molar-refractivity contribution in [3.63, 3.8) is 0 Å². The Morgan fingerprint density at radius 3 is 2.57 bits per heavy atom. The molecule has 0 radical (unpaired) electrons. The Morgan fingerprint density at radius 2 is 2.04 bits per heavy atom. The number of rotatable bonds is 4. The van der Waals surface area contributed by atoms with E-state index in [1.165, 1.54) is 4.90 Å². The summed E-state index contributed by atoms with van der Waals surface area (Å²) in [7, 11) is 1.55. The fraction of sp³-hybridized carbons (Fsp3) is 0.471. The topological polar surface area (TPSA) is 29.5 Å². The van der Waals surface area contributed by atoms with Crippen molar-refractivity contribution in [2.24, 2.45) is 5.92 Å². The summed E-state index contributed by atoms with van der Waals surface area (Å²) >= 11 is 0. The van der Waals surface area contributed by atoms with Gasteiger partial charge in [-0.2, -0.15) is 13.2 Å². The minimum absolute atomic E-state index is 0.0181. The SMILES string of the molecule is C=Cc1cc(CC(=O)N2CCC(C(F)(F)F)CC2)ccc1OC. The highest BCUT2D eigenvalue weighted by Crippen LogP contribution is 2.34. The summed E-state index contributed by atoms with van der Waals surface area (Å²) in [6.07, 6.45) is -2.39. The largest absolute Gasteiger partial charge is 0.496 e. The van der Waals surface area contributed by atoms with Gasteiger partial charge in [0, 0.05) is 18.7 Å². The molecule has 1 amide bonds. The normalized spacial score (nSPS) is 16.3. The first-order valence-corrected chi connectivity index (χ1v) is 7.49. The number of hydrogen-bond acceptors (Lipinski definition) is 2. The van der Waals surface area contributed by atoms with Gasteiger partial charge in [0.05, 0.1) is 19.4 Å². The Kier molecular flexibility index (Phi) is 5.34. The minimum atomic E-state index is -4.16. The average molecular weight is 327 g/mol. The van der Waals surface area contributed by atoms with Crippen molar-refractivity contribution in [1.82, 2.24) is 4.90 Å². The number of halogens is 3. The van der Waals surface area contributed by atoms with Crippen LogP contribution in [0.25, 0.3) is 6.08 Å². The lowest BCUT2D eigenvalue weighted by Crippen LogP contribution is -2.42. The summed E-state index contributed by atoms with van der Waals surface area (Å²) in [5.74, 6) is -0.770. The van der Waals surface area contributed by atoms with Gasteiger partial charge in [0.25, 0.3) is 0 Å². The van der Waals surface area contributed by atoms with Crippen LogP contribution in [0, 0.1) is 5.92 Å². The van der Waals surface area contributed by atoms with Crippen LogP contribution in [0.5, 0.6) is 5.75 Å². The molecule has 0 saturated carbocycles. The Labute approximate surface area is 133 Å². The second kappa shape index (κ2) is 7.06. The Morgan fingerprint density at radius 1 is 1.39 bits per heavy atom. The van der Waals surface area contributed by atoms with Crippen LogP contribution >= 0.6 is 0 Å². The van der Waals surface area contributed by atoms with E-state index in [1.54, 1.807) is 25.3 Å². The van der Waals surface area contributed by atoms with E-state index in [2.05, 4.69) is 6.58 Å². The zero-order valence-corrected chi connectivity index (χ0v) is 13.0. The third-order valence-corrected chi connectivity index (χ3v) is 4.18. The van der Waals surface area contributed by atoms with Crippen molar-refractivity contribution in [3.8, 4) is 5.75 Å². The van der Waals surface area contributed by atoms with Crippen LogP contribution in [0.15, 0.2) is 24.8 Å². The van der Waals surface area contributed by atoms with Crippen LogP contribution in [-0.2, 0) is 11.2 Å². The van der Waals surface area contributed by atoms with Crippen LogP contribution < -0.4 is 4.74 Å². The first-order chi connectivity index (χ1) is 10.8. The van der Waals surface area contributed by atoms with Crippen LogP contribution in [-0.4, -0.2) is 37.2 Å². The van der Waals surface area contributed by atoms with Gasteiger partial charge in [-0.05, 0) is 30.5 Å². The van der Waals surface area contributed by atoms with Crippen LogP contribution in [0.2, 0.25) is 0 Å². The van der Waals surface area contributed by atoms with E-state index in [1.807, 2.05) is 6.07 Å². The summed E-state index contributed by atoms with van der Waals surface area (Å²) in [5.41, 5.74) is 1.58. The van der Waals surface area contributed by atoms with Gasteiger partial charge in [0.1, 0.15) is 5.75 Å². The van der Waals surface area contributed by atoms with Gasteiger partial charge in [-0.15, -0.1) is 0 Å². The average Bonchev–Trinajstić information content (AvgIpc) is 2.54. The number of ether oxygens (including phenoxy) is 1. The molecule has 1 fully saturated rings. The van der Waals surface area contributed by atoms with Crippen LogP contribution in [0.4, 0.5) is 13.2 Å². The number of benzene rings is 1. The molecular formula is C17H20F3NO2. The number of carbonyl (C=O) groups excluding carboxylic acids is 1. The molecule has 0 aliphatic carbocycles. The predicted octanol–water partition coefficient (Wildman–Crippen LogP) is 3.68. The van der Waals surface area contributed by atoms with Gasteiger partial charge in [-0.3, -0.25) is 4.79 Å². The zero-order valence-electron chi connectivity index (χ0n) is 13.0. The van der Waals surface area contributed by atoms with E-state index < -0.39 is 12.1 Å². The molecule has 1 aliphatic rings. The maximum Gasteiger partial charge on any atom is 0.391 e. The van der Waals surface area contributed by atoms with Crippen molar-refractivity contribution in [3.05, 3.63) is 35.9 Å². The minimum Gasteiger partial charge on any atom is -0.496 e. The van der Waals surface area contributed by atoms with Gasteiger partial charge in [-0.1, -0.05) is 18.7 Å². The fourth-order valence-electron chi connectivity index (χ4n) is 2.80. The molecule has 1 saturated heterocycles. The standard InChI is InChI=1S/C17H20F3NO2/c1-3-13-10-12(4-5-15(13)23-2)11-16(22)21-8-6-14(7-9-21)17(18,19)20/h3-5,10,14H,1,6-9,11H2,2H3. The van der Waals surface area contributed by atoms with Crippen molar-refractivity contribution >= 4 is 12.0 Å². The molecule has 23 heavy (non-hydrogen) atoms. The number of alkyl halides is 3. The molecule has 1 aliphatic heterocycles. The van der Waals surface area contributed by atoms with Crippen LogP contribution in [0.1, 0.15) is 24.0 Å². The first kappa shape index (κ1) is 17.4. The molecule has 0 N–H and O–H groups in total. The van der Waals surface area contributed by atoms with E-state index in [4.69, 9.17) is 4.74 Å². The monoisotopic (exact) mass is 327 g/mol. The van der Waals surface area contributed by atoms with E-state index in [9.17, 15) is 18.0 Å². The molecule has 1 aromatic carbocycles. The lowest BCUT2D eigenvalue weighted by Gasteiger charge is -2.33. The van der Waals surface area contributed by atoms with Crippen LogP contribution in [0.3, 0.4) is 0 Å². The second-order valence-corrected chi connectivity index (χ2v) is 5.65. The highest BCUT2D eigenvalue weighted by molar-refractivity contribution is 5.79. The molecule has 3 nitrogen and oxygen atoms in total. The van der Waals surface area contributed by atoms with E-state index in [0.717, 1.165) is 11.1 Å². The highest BCUT2D eigenvalue weighted by Gasteiger charge is 2.41. The lowest BCUT2D eigenvalue weighted by molar-refractivity contribution is -0.186. The van der Waals surface area contributed by atoms with E-state index in [-0.39, 0.29) is 38.3 Å². The van der Waals surface area contributed by atoms with Crippen molar-refractivity contribution < 1.29 is 22.7 Å². The third kappa shape index (κ3) is 4.27. The van der Waals surface area contributed by atoms with Gasteiger partial charge in [-0.25, -0.2) is 0 Å². The quantitative estimate of drug-likeness (QED) is 0.844. The number of carbonyl (C=O) groups is 1.